The standard InChI is InChI=1S/C12H8BrCl2NO3S/c13-9-3-8(5-16-6-9)7-19-11-2-1-10(14)4-12(11)20(15,17)18/h1-6H,7H2. The Hall–Kier alpha value is -0.820. The van der Waals surface area contributed by atoms with E-state index in [4.69, 9.17) is 27.0 Å². The largest absolute Gasteiger partial charge is 0.487 e. The molecule has 0 radical (unpaired) electrons. The molecular weight excluding hydrogens is 389 g/mol. The topological polar surface area (TPSA) is 56.3 Å². The molecule has 0 bridgehead atoms. The molecule has 0 fully saturated rings. The molecule has 0 saturated carbocycles. The Bertz CT molecular complexity index is 737. The second-order valence-electron chi connectivity index (χ2n) is 3.83. The molecule has 0 saturated heterocycles. The van der Waals surface area contributed by atoms with Gasteiger partial charge in [0.05, 0.1) is 0 Å². The monoisotopic (exact) mass is 395 g/mol. The minimum Gasteiger partial charge on any atom is -0.487 e. The second kappa shape index (κ2) is 6.30. The first-order valence-corrected chi connectivity index (χ1v) is 8.81. The lowest BCUT2D eigenvalue weighted by Gasteiger charge is -2.10. The molecule has 4 nitrogen and oxygen atoms in total. The Morgan fingerprint density at radius 3 is 2.65 bits per heavy atom. The maximum Gasteiger partial charge on any atom is 0.265 e. The molecule has 0 aliphatic carbocycles. The van der Waals surface area contributed by atoms with Crippen LogP contribution in [0.15, 0.2) is 46.0 Å². The van der Waals surface area contributed by atoms with Gasteiger partial charge in [0.25, 0.3) is 9.05 Å². The van der Waals surface area contributed by atoms with Crippen molar-refractivity contribution < 1.29 is 13.2 Å². The van der Waals surface area contributed by atoms with Crippen molar-refractivity contribution in [1.82, 2.24) is 4.98 Å². The van der Waals surface area contributed by atoms with E-state index in [1.165, 1.54) is 18.2 Å². The first kappa shape index (κ1) is 15.6. The number of aromatic nitrogens is 1. The van der Waals surface area contributed by atoms with Crippen LogP contribution in [0.1, 0.15) is 5.56 Å². The zero-order chi connectivity index (χ0) is 14.8. The summed E-state index contributed by atoms with van der Waals surface area (Å²) in [6.07, 6.45) is 3.26. The Kier molecular flexibility index (Phi) is 4.90. The molecule has 1 aromatic carbocycles. The van der Waals surface area contributed by atoms with Crippen LogP contribution in [-0.2, 0) is 15.7 Å². The molecule has 0 amide bonds. The predicted octanol–water partition coefficient (Wildman–Crippen LogP) is 4.00. The van der Waals surface area contributed by atoms with Gasteiger partial charge < -0.3 is 4.74 Å². The number of rotatable bonds is 4. The lowest BCUT2D eigenvalue weighted by Crippen LogP contribution is -2.01. The van der Waals surface area contributed by atoms with Gasteiger partial charge in [0.2, 0.25) is 0 Å². The van der Waals surface area contributed by atoms with Gasteiger partial charge in [-0.2, -0.15) is 0 Å². The van der Waals surface area contributed by atoms with Gasteiger partial charge in [-0.15, -0.1) is 0 Å². The van der Waals surface area contributed by atoms with E-state index in [9.17, 15) is 8.42 Å². The van der Waals surface area contributed by atoms with Gasteiger partial charge in [0.1, 0.15) is 17.3 Å². The molecule has 0 unspecified atom stereocenters. The summed E-state index contributed by atoms with van der Waals surface area (Å²) in [4.78, 5) is 3.83. The van der Waals surface area contributed by atoms with Crippen LogP contribution < -0.4 is 4.74 Å². The van der Waals surface area contributed by atoms with Crippen molar-refractivity contribution in [2.45, 2.75) is 11.5 Å². The van der Waals surface area contributed by atoms with E-state index in [1.54, 1.807) is 12.4 Å². The van der Waals surface area contributed by atoms with Gasteiger partial charge in [-0.25, -0.2) is 8.42 Å². The van der Waals surface area contributed by atoms with Crippen molar-refractivity contribution in [3.05, 3.63) is 51.7 Å². The summed E-state index contributed by atoms with van der Waals surface area (Å²) in [5, 5.41) is 0.265. The van der Waals surface area contributed by atoms with Gasteiger partial charge in [-0.05, 0) is 40.2 Å². The lowest BCUT2D eigenvalue weighted by atomic mass is 10.3. The smallest absolute Gasteiger partial charge is 0.265 e. The molecular formula is C12H8BrCl2NO3S. The van der Waals surface area contributed by atoms with Crippen LogP contribution in [0, 0.1) is 0 Å². The van der Waals surface area contributed by atoms with Crippen LogP contribution in [0.3, 0.4) is 0 Å². The summed E-state index contributed by atoms with van der Waals surface area (Å²) >= 11 is 9.06. The van der Waals surface area contributed by atoms with E-state index in [0.717, 1.165) is 10.0 Å². The van der Waals surface area contributed by atoms with E-state index >= 15 is 0 Å². The Balaban J connectivity index is 2.26. The molecule has 0 aliphatic heterocycles. The number of hydrogen-bond donors (Lipinski definition) is 0. The minimum atomic E-state index is -3.93. The zero-order valence-electron chi connectivity index (χ0n) is 9.89. The summed E-state index contributed by atoms with van der Waals surface area (Å²) in [7, 11) is 1.43. The maximum atomic E-state index is 11.5. The second-order valence-corrected chi connectivity index (χ2v) is 7.72. The SMILES string of the molecule is O=S(=O)(Cl)c1cc(Cl)ccc1OCc1cncc(Br)c1. The third kappa shape index (κ3) is 4.09. The van der Waals surface area contributed by atoms with E-state index < -0.39 is 9.05 Å². The molecule has 2 aromatic rings. The van der Waals surface area contributed by atoms with E-state index in [-0.39, 0.29) is 22.3 Å². The van der Waals surface area contributed by atoms with Crippen molar-refractivity contribution in [3.63, 3.8) is 0 Å². The Labute approximate surface area is 134 Å². The van der Waals surface area contributed by atoms with Crippen molar-refractivity contribution in [2.75, 3.05) is 0 Å². The first-order valence-electron chi connectivity index (χ1n) is 5.33. The predicted molar refractivity (Wildman–Crippen MR) is 80.8 cm³/mol. The van der Waals surface area contributed by atoms with Crippen molar-refractivity contribution >= 4 is 47.3 Å². The Morgan fingerprint density at radius 1 is 1.25 bits per heavy atom. The molecule has 2 rings (SSSR count). The summed E-state index contributed by atoms with van der Waals surface area (Å²) in [5.74, 6) is 0.143. The third-order valence-corrected chi connectivity index (χ3v) is 4.34. The van der Waals surface area contributed by atoms with Gasteiger partial charge in [-0.3, -0.25) is 4.98 Å². The molecule has 0 atom stereocenters. The van der Waals surface area contributed by atoms with Crippen molar-refractivity contribution in [3.8, 4) is 5.75 Å². The highest BCUT2D eigenvalue weighted by Gasteiger charge is 2.17. The molecule has 1 heterocycles. The molecule has 0 N–H and O–H groups in total. The van der Waals surface area contributed by atoms with E-state index in [0.29, 0.717) is 0 Å². The highest BCUT2D eigenvalue weighted by Crippen LogP contribution is 2.30. The quantitative estimate of drug-likeness (QED) is 0.732. The van der Waals surface area contributed by atoms with Gasteiger partial charge in [0, 0.05) is 38.1 Å². The number of benzene rings is 1. The Morgan fingerprint density at radius 2 is 2.00 bits per heavy atom. The molecule has 106 valence electrons. The van der Waals surface area contributed by atoms with E-state index in [2.05, 4.69) is 20.9 Å². The molecule has 0 spiro atoms. The summed E-state index contributed by atoms with van der Waals surface area (Å²) in [5.41, 5.74) is 0.784. The summed E-state index contributed by atoms with van der Waals surface area (Å²) in [6.45, 7) is 0.160. The fourth-order valence-electron chi connectivity index (χ4n) is 1.49. The average molecular weight is 397 g/mol. The molecule has 1 aromatic heterocycles. The third-order valence-electron chi connectivity index (χ3n) is 2.32. The molecule has 0 aliphatic rings. The van der Waals surface area contributed by atoms with E-state index in [1.807, 2.05) is 6.07 Å². The number of pyridine rings is 1. The molecule has 20 heavy (non-hydrogen) atoms. The van der Waals surface area contributed by atoms with Crippen molar-refractivity contribution in [2.24, 2.45) is 0 Å². The normalized spacial score (nSPS) is 11.3. The van der Waals surface area contributed by atoms with Crippen LogP contribution in [0.5, 0.6) is 5.75 Å². The number of nitrogens with zero attached hydrogens (tertiary/aromatic N) is 1. The summed E-state index contributed by atoms with van der Waals surface area (Å²) < 4.78 is 29.2. The van der Waals surface area contributed by atoms with Crippen LogP contribution in [0.4, 0.5) is 0 Å². The van der Waals surface area contributed by atoms with Crippen molar-refractivity contribution in [1.29, 1.82) is 0 Å². The van der Waals surface area contributed by atoms with Crippen LogP contribution in [0.2, 0.25) is 5.02 Å². The van der Waals surface area contributed by atoms with Gasteiger partial charge >= 0.3 is 0 Å². The maximum absolute atomic E-state index is 11.5. The van der Waals surface area contributed by atoms with Gasteiger partial charge in [-0.1, -0.05) is 11.6 Å². The number of halogens is 3. The summed E-state index contributed by atoms with van der Waals surface area (Å²) in [6, 6.07) is 6.06. The lowest BCUT2D eigenvalue weighted by molar-refractivity contribution is 0.297. The highest BCUT2D eigenvalue weighted by atomic mass is 79.9. The average Bonchev–Trinajstić information content (AvgIpc) is 2.36. The minimum absolute atomic E-state index is 0.143. The fraction of sp³-hybridized carbons (Fsp3) is 0.0833. The van der Waals surface area contributed by atoms with Crippen LogP contribution >= 0.6 is 38.2 Å². The first-order chi connectivity index (χ1) is 9.36. The van der Waals surface area contributed by atoms with Gasteiger partial charge in [0.15, 0.2) is 0 Å². The highest BCUT2D eigenvalue weighted by molar-refractivity contribution is 9.10. The zero-order valence-corrected chi connectivity index (χ0v) is 13.8. The van der Waals surface area contributed by atoms with Crippen LogP contribution in [-0.4, -0.2) is 13.4 Å². The van der Waals surface area contributed by atoms with Crippen LogP contribution in [0.25, 0.3) is 0 Å². The number of hydrogen-bond acceptors (Lipinski definition) is 4. The number of ether oxygens (including phenoxy) is 1. The molecule has 8 heteroatoms. The fourth-order valence-corrected chi connectivity index (χ4v) is 3.13.